The Balaban J connectivity index is 2.01. The van der Waals surface area contributed by atoms with Crippen LogP contribution in [0.2, 0.25) is 0 Å². The van der Waals surface area contributed by atoms with Crippen LogP contribution in [0.5, 0.6) is 5.75 Å². The van der Waals surface area contributed by atoms with Gasteiger partial charge in [0.15, 0.2) is 0 Å². The summed E-state index contributed by atoms with van der Waals surface area (Å²) in [5.74, 6) is -0.373. The van der Waals surface area contributed by atoms with Crippen LogP contribution in [0, 0.1) is 0 Å². The van der Waals surface area contributed by atoms with E-state index in [4.69, 9.17) is 0 Å². The molecule has 0 atom stereocenters. The van der Waals surface area contributed by atoms with E-state index in [9.17, 15) is 13.6 Å². The lowest BCUT2D eigenvalue weighted by Crippen LogP contribution is -2.20. The number of rotatable bonds is 5. The Morgan fingerprint density at radius 3 is 2.55 bits per heavy atom. The summed E-state index contributed by atoms with van der Waals surface area (Å²) in [6.45, 7) is -1.18. The molecular formula is C15H13F2N3O2. The second kappa shape index (κ2) is 7.26. The summed E-state index contributed by atoms with van der Waals surface area (Å²) in [5.41, 5.74) is 3.82. The number of carbonyl (C=O) groups excluding carboxylic acids is 1. The first-order chi connectivity index (χ1) is 10.6. The number of hydrogen-bond donors (Lipinski definition) is 1. The van der Waals surface area contributed by atoms with Crippen molar-refractivity contribution < 1.29 is 18.3 Å². The molecule has 0 spiro atoms. The van der Waals surface area contributed by atoms with Crippen LogP contribution < -0.4 is 10.2 Å². The van der Waals surface area contributed by atoms with Crippen molar-refractivity contribution in [3.05, 3.63) is 59.9 Å². The summed E-state index contributed by atoms with van der Waals surface area (Å²) in [6.07, 6.45) is 1.51. The van der Waals surface area contributed by atoms with Crippen LogP contribution in [-0.4, -0.2) is 23.2 Å². The summed E-state index contributed by atoms with van der Waals surface area (Å²) in [7, 11) is 0. The smallest absolute Gasteiger partial charge is 0.387 e. The fourth-order valence-corrected chi connectivity index (χ4v) is 1.63. The average Bonchev–Trinajstić information content (AvgIpc) is 2.53. The third-order valence-corrected chi connectivity index (χ3v) is 2.72. The predicted molar refractivity (Wildman–Crippen MR) is 77.0 cm³/mol. The molecule has 0 aliphatic heterocycles. The SMILES string of the molecule is C/C(=N/NC(=O)c1ccccn1)c1ccc(OC(F)F)cc1. The molecule has 114 valence electrons. The van der Waals surface area contributed by atoms with Crippen molar-refractivity contribution in [1.29, 1.82) is 0 Å². The summed E-state index contributed by atoms with van der Waals surface area (Å²) in [6, 6.07) is 10.9. The highest BCUT2D eigenvalue weighted by Crippen LogP contribution is 2.15. The van der Waals surface area contributed by atoms with Gasteiger partial charge in [0.05, 0.1) is 5.71 Å². The zero-order valence-electron chi connectivity index (χ0n) is 11.7. The quantitative estimate of drug-likeness (QED) is 0.682. The minimum Gasteiger partial charge on any atom is -0.435 e. The standard InChI is InChI=1S/C15H13F2N3O2/c1-10(11-5-7-12(8-6-11)22-15(16)17)19-20-14(21)13-4-2-3-9-18-13/h2-9,15H,1H3,(H,20,21)/b19-10-. The molecule has 0 fully saturated rings. The van der Waals surface area contributed by atoms with Crippen LogP contribution in [0.4, 0.5) is 8.78 Å². The fourth-order valence-electron chi connectivity index (χ4n) is 1.63. The van der Waals surface area contributed by atoms with E-state index in [0.29, 0.717) is 11.3 Å². The Morgan fingerprint density at radius 2 is 1.95 bits per heavy atom. The predicted octanol–water partition coefficient (Wildman–Crippen LogP) is 2.84. The third-order valence-electron chi connectivity index (χ3n) is 2.72. The van der Waals surface area contributed by atoms with E-state index in [2.05, 4.69) is 20.2 Å². The Hall–Kier alpha value is -2.83. The van der Waals surface area contributed by atoms with Crippen molar-refractivity contribution in [2.24, 2.45) is 5.10 Å². The van der Waals surface area contributed by atoms with Crippen molar-refractivity contribution >= 4 is 11.6 Å². The number of nitrogens with zero attached hydrogens (tertiary/aromatic N) is 2. The number of hydrazone groups is 1. The minimum absolute atomic E-state index is 0.0593. The maximum atomic E-state index is 12.1. The molecule has 1 N–H and O–H groups in total. The van der Waals surface area contributed by atoms with Crippen LogP contribution in [0.3, 0.4) is 0 Å². The molecule has 1 amide bonds. The van der Waals surface area contributed by atoms with Gasteiger partial charge in [-0.15, -0.1) is 0 Å². The van der Waals surface area contributed by atoms with Crippen LogP contribution in [-0.2, 0) is 0 Å². The highest BCUT2D eigenvalue weighted by atomic mass is 19.3. The molecule has 1 aromatic carbocycles. The lowest BCUT2D eigenvalue weighted by molar-refractivity contribution is -0.0498. The molecule has 0 unspecified atom stereocenters. The second-order valence-electron chi connectivity index (χ2n) is 4.26. The van der Waals surface area contributed by atoms with Crippen LogP contribution in [0.25, 0.3) is 0 Å². The van der Waals surface area contributed by atoms with Gasteiger partial charge in [-0.1, -0.05) is 6.07 Å². The zero-order chi connectivity index (χ0) is 15.9. The molecule has 5 nitrogen and oxygen atoms in total. The lowest BCUT2D eigenvalue weighted by Gasteiger charge is -2.06. The van der Waals surface area contributed by atoms with Crippen molar-refractivity contribution in [2.75, 3.05) is 0 Å². The van der Waals surface area contributed by atoms with Gasteiger partial charge in [0.25, 0.3) is 5.91 Å². The largest absolute Gasteiger partial charge is 0.435 e. The number of aromatic nitrogens is 1. The molecule has 0 aliphatic rings. The van der Waals surface area contributed by atoms with Gasteiger partial charge >= 0.3 is 6.61 Å². The molecule has 1 aromatic heterocycles. The maximum Gasteiger partial charge on any atom is 0.387 e. The number of hydrogen-bond acceptors (Lipinski definition) is 4. The van der Waals surface area contributed by atoms with E-state index >= 15 is 0 Å². The molecule has 1 heterocycles. The van der Waals surface area contributed by atoms with Gasteiger partial charge in [0, 0.05) is 6.20 Å². The van der Waals surface area contributed by atoms with Crippen LogP contribution in [0.15, 0.2) is 53.8 Å². The summed E-state index contributed by atoms with van der Waals surface area (Å²) >= 11 is 0. The number of alkyl halides is 2. The number of amides is 1. The normalized spacial score (nSPS) is 11.4. The maximum absolute atomic E-state index is 12.1. The highest BCUT2D eigenvalue weighted by molar-refractivity contribution is 6.00. The number of halogens is 2. The Bertz CT molecular complexity index is 658. The number of benzene rings is 1. The first kappa shape index (κ1) is 15.6. The second-order valence-corrected chi connectivity index (χ2v) is 4.26. The van der Waals surface area contributed by atoms with Crippen molar-refractivity contribution in [1.82, 2.24) is 10.4 Å². The van der Waals surface area contributed by atoms with E-state index in [0.717, 1.165) is 0 Å². The van der Waals surface area contributed by atoms with Gasteiger partial charge in [-0.2, -0.15) is 13.9 Å². The molecule has 0 aliphatic carbocycles. The van der Waals surface area contributed by atoms with Crippen molar-refractivity contribution in [3.8, 4) is 5.75 Å². The van der Waals surface area contributed by atoms with E-state index in [1.807, 2.05) is 0 Å². The molecule has 22 heavy (non-hydrogen) atoms. The third kappa shape index (κ3) is 4.34. The van der Waals surface area contributed by atoms with Gasteiger partial charge in [-0.25, -0.2) is 5.43 Å². The Morgan fingerprint density at radius 1 is 1.23 bits per heavy atom. The molecule has 7 heteroatoms. The molecule has 0 saturated heterocycles. The van der Waals surface area contributed by atoms with Gasteiger partial charge in [0.1, 0.15) is 11.4 Å². The van der Waals surface area contributed by atoms with Gasteiger partial charge in [-0.05, 0) is 48.9 Å². The molecule has 0 radical (unpaired) electrons. The number of nitrogens with one attached hydrogen (secondary N) is 1. The monoisotopic (exact) mass is 305 g/mol. The summed E-state index contributed by atoms with van der Waals surface area (Å²) in [4.78, 5) is 15.7. The van der Waals surface area contributed by atoms with E-state index in [-0.39, 0.29) is 11.4 Å². The van der Waals surface area contributed by atoms with E-state index < -0.39 is 12.5 Å². The highest BCUT2D eigenvalue weighted by Gasteiger charge is 2.06. The van der Waals surface area contributed by atoms with Crippen molar-refractivity contribution in [2.45, 2.75) is 13.5 Å². The van der Waals surface area contributed by atoms with Gasteiger partial charge in [0.2, 0.25) is 0 Å². The number of ether oxygens (including phenoxy) is 1. The van der Waals surface area contributed by atoms with Crippen LogP contribution in [0.1, 0.15) is 23.0 Å². The Kier molecular flexibility index (Phi) is 5.13. The fraction of sp³-hybridized carbons (Fsp3) is 0.133. The van der Waals surface area contributed by atoms with Crippen molar-refractivity contribution in [3.63, 3.8) is 0 Å². The summed E-state index contributed by atoms with van der Waals surface area (Å²) in [5, 5.41) is 3.95. The van der Waals surface area contributed by atoms with Gasteiger partial charge < -0.3 is 4.74 Å². The zero-order valence-corrected chi connectivity index (χ0v) is 11.7. The number of carbonyl (C=O) groups is 1. The minimum atomic E-state index is -2.86. The molecule has 2 aromatic rings. The molecule has 0 saturated carbocycles. The Labute approximate surface area is 125 Å². The summed E-state index contributed by atoms with van der Waals surface area (Å²) < 4.78 is 28.4. The number of pyridine rings is 1. The molecular weight excluding hydrogens is 292 g/mol. The first-order valence-corrected chi connectivity index (χ1v) is 6.37. The van der Waals surface area contributed by atoms with E-state index in [1.54, 1.807) is 37.3 Å². The van der Waals surface area contributed by atoms with Crippen LogP contribution >= 0.6 is 0 Å². The first-order valence-electron chi connectivity index (χ1n) is 6.37. The lowest BCUT2D eigenvalue weighted by atomic mass is 10.1. The molecule has 2 rings (SSSR count). The molecule has 0 bridgehead atoms. The van der Waals surface area contributed by atoms with E-state index in [1.165, 1.54) is 18.3 Å². The average molecular weight is 305 g/mol. The van der Waals surface area contributed by atoms with Gasteiger partial charge in [-0.3, -0.25) is 9.78 Å². The topological polar surface area (TPSA) is 63.6 Å².